The maximum atomic E-state index is 11.7. The third kappa shape index (κ3) is 6.50. The van der Waals surface area contributed by atoms with E-state index in [1.807, 2.05) is 12.1 Å². The van der Waals surface area contributed by atoms with E-state index in [1.165, 1.54) is 18.5 Å². The van der Waals surface area contributed by atoms with Crippen LogP contribution in [0.5, 0.6) is 0 Å². The first-order valence-corrected chi connectivity index (χ1v) is 8.18. The molecule has 1 N–H and O–H groups in total. The predicted molar refractivity (Wildman–Crippen MR) is 99.5 cm³/mol. The van der Waals surface area contributed by atoms with E-state index in [4.69, 9.17) is 20.4 Å². The SMILES string of the molecule is Cc1cc(C#N)cnc1C(=O)O.Cc1cc(C#N)cnc1C(=O)OC(C)(C)C. The van der Waals surface area contributed by atoms with Crippen molar-refractivity contribution in [3.8, 4) is 12.1 Å². The van der Waals surface area contributed by atoms with Gasteiger partial charge in [-0.3, -0.25) is 0 Å². The number of carbonyl (C=O) groups excluding carboxylic acids is 1. The maximum absolute atomic E-state index is 11.7. The highest BCUT2D eigenvalue weighted by Gasteiger charge is 2.20. The van der Waals surface area contributed by atoms with Crippen LogP contribution in [0.2, 0.25) is 0 Å². The highest BCUT2D eigenvalue weighted by Crippen LogP contribution is 2.14. The van der Waals surface area contributed by atoms with E-state index in [-0.39, 0.29) is 11.4 Å². The van der Waals surface area contributed by atoms with Gasteiger partial charge in [-0.25, -0.2) is 19.6 Å². The van der Waals surface area contributed by atoms with Crippen molar-refractivity contribution in [2.24, 2.45) is 0 Å². The summed E-state index contributed by atoms with van der Waals surface area (Å²) in [7, 11) is 0. The van der Waals surface area contributed by atoms with E-state index in [9.17, 15) is 9.59 Å². The minimum Gasteiger partial charge on any atom is -0.477 e. The van der Waals surface area contributed by atoms with Gasteiger partial charge in [-0.15, -0.1) is 0 Å². The first kappa shape index (κ1) is 22.3. The van der Waals surface area contributed by atoms with Crippen LogP contribution in [0.4, 0.5) is 0 Å². The number of carbonyl (C=O) groups is 2. The van der Waals surface area contributed by atoms with E-state index >= 15 is 0 Å². The van der Waals surface area contributed by atoms with Crippen molar-refractivity contribution in [2.75, 3.05) is 0 Å². The zero-order chi connectivity index (χ0) is 21.5. The topological polar surface area (TPSA) is 137 Å². The first-order chi connectivity index (χ1) is 13.0. The number of carboxylic acid groups (broad SMARTS) is 1. The van der Waals surface area contributed by atoms with Gasteiger partial charge < -0.3 is 9.84 Å². The molecule has 8 nitrogen and oxygen atoms in total. The fourth-order valence-electron chi connectivity index (χ4n) is 2.04. The van der Waals surface area contributed by atoms with Crippen molar-refractivity contribution < 1.29 is 19.4 Å². The molecule has 0 aromatic carbocycles. The summed E-state index contributed by atoms with van der Waals surface area (Å²) < 4.78 is 5.19. The molecule has 0 aliphatic carbocycles. The highest BCUT2D eigenvalue weighted by atomic mass is 16.6. The molecule has 8 heteroatoms. The second-order valence-electron chi connectivity index (χ2n) is 6.81. The Balaban J connectivity index is 0.000000292. The Bertz CT molecular complexity index is 979. The van der Waals surface area contributed by atoms with Gasteiger partial charge in [-0.1, -0.05) is 0 Å². The highest BCUT2D eigenvalue weighted by molar-refractivity contribution is 5.89. The minimum absolute atomic E-state index is 0.00556. The van der Waals surface area contributed by atoms with E-state index in [0.717, 1.165) is 0 Å². The number of aromatic carboxylic acids is 1. The van der Waals surface area contributed by atoms with Gasteiger partial charge in [0.2, 0.25) is 0 Å². The van der Waals surface area contributed by atoms with E-state index in [1.54, 1.807) is 40.7 Å². The molecule has 0 unspecified atom stereocenters. The summed E-state index contributed by atoms with van der Waals surface area (Å²) in [5.74, 6) is -1.54. The van der Waals surface area contributed by atoms with Gasteiger partial charge in [0.25, 0.3) is 0 Å². The van der Waals surface area contributed by atoms with Crippen LogP contribution in [-0.2, 0) is 4.74 Å². The Hall–Kier alpha value is -3.78. The summed E-state index contributed by atoms with van der Waals surface area (Å²) in [6.45, 7) is 8.72. The first-order valence-electron chi connectivity index (χ1n) is 8.18. The molecule has 0 saturated carbocycles. The Labute approximate surface area is 163 Å². The smallest absolute Gasteiger partial charge is 0.357 e. The van der Waals surface area contributed by atoms with Gasteiger partial charge in [0.05, 0.1) is 11.1 Å². The lowest BCUT2D eigenvalue weighted by molar-refractivity contribution is 0.00618. The molecule has 0 amide bonds. The van der Waals surface area contributed by atoms with Crippen LogP contribution in [0.15, 0.2) is 24.5 Å². The van der Waals surface area contributed by atoms with Crippen LogP contribution in [0.3, 0.4) is 0 Å². The van der Waals surface area contributed by atoms with Gasteiger partial charge in [0, 0.05) is 12.4 Å². The molecular formula is C20H20N4O4. The molecule has 0 spiro atoms. The molecule has 0 fully saturated rings. The van der Waals surface area contributed by atoms with Crippen molar-refractivity contribution in [1.82, 2.24) is 9.97 Å². The molecule has 0 saturated heterocycles. The number of rotatable bonds is 2. The van der Waals surface area contributed by atoms with Crippen LogP contribution in [-0.4, -0.2) is 32.6 Å². The average Bonchev–Trinajstić information content (AvgIpc) is 2.60. The normalized spacial score (nSPS) is 9.96. The molecule has 0 aliphatic heterocycles. The third-order valence-electron chi connectivity index (χ3n) is 3.21. The number of nitriles is 2. The number of hydrogen-bond acceptors (Lipinski definition) is 7. The lowest BCUT2D eigenvalue weighted by Gasteiger charge is -2.19. The number of nitrogens with zero attached hydrogens (tertiary/aromatic N) is 4. The summed E-state index contributed by atoms with van der Waals surface area (Å²) in [6.07, 6.45) is 2.61. The van der Waals surface area contributed by atoms with E-state index < -0.39 is 17.5 Å². The second-order valence-corrected chi connectivity index (χ2v) is 6.81. The van der Waals surface area contributed by atoms with Crippen LogP contribution in [0.25, 0.3) is 0 Å². The van der Waals surface area contributed by atoms with Crippen molar-refractivity contribution in [2.45, 2.75) is 40.2 Å². The molecule has 2 rings (SSSR count). The molecule has 28 heavy (non-hydrogen) atoms. The number of carboxylic acids is 1. The van der Waals surface area contributed by atoms with Gasteiger partial charge >= 0.3 is 11.9 Å². The zero-order valence-corrected chi connectivity index (χ0v) is 16.3. The number of aryl methyl sites for hydroxylation is 2. The van der Waals surface area contributed by atoms with Crippen molar-refractivity contribution >= 4 is 11.9 Å². The summed E-state index contributed by atoms with van der Waals surface area (Å²) in [6, 6.07) is 6.96. The molecule has 0 atom stereocenters. The number of pyridine rings is 2. The van der Waals surface area contributed by atoms with E-state index in [0.29, 0.717) is 22.3 Å². The average molecular weight is 380 g/mol. The lowest BCUT2D eigenvalue weighted by atomic mass is 10.1. The third-order valence-corrected chi connectivity index (χ3v) is 3.21. The molecule has 2 aromatic rings. The molecule has 144 valence electrons. The summed E-state index contributed by atoms with van der Waals surface area (Å²) in [5.41, 5.74) is 1.67. The van der Waals surface area contributed by atoms with Crippen molar-refractivity contribution in [3.63, 3.8) is 0 Å². The molecule has 2 heterocycles. The summed E-state index contributed by atoms with van der Waals surface area (Å²) in [4.78, 5) is 29.8. The minimum atomic E-state index is -1.07. The van der Waals surface area contributed by atoms with Crippen LogP contribution >= 0.6 is 0 Å². The standard InChI is InChI=1S/C12H14N2O2.C8H6N2O2/c1-8-5-9(6-13)7-14-10(8)11(15)16-12(2,3)4;1-5-2-6(3-9)4-10-7(5)8(11)12/h5,7H,1-4H3;2,4H,1H3,(H,11,12). The van der Waals surface area contributed by atoms with Crippen molar-refractivity contribution in [3.05, 3.63) is 58.2 Å². The maximum Gasteiger partial charge on any atom is 0.357 e. The molecule has 2 aromatic heterocycles. The van der Waals surface area contributed by atoms with Gasteiger partial charge in [-0.2, -0.15) is 10.5 Å². The van der Waals surface area contributed by atoms with Crippen LogP contribution < -0.4 is 0 Å². The zero-order valence-electron chi connectivity index (χ0n) is 16.3. The van der Waals surface area contributed by atoms with E-state index in [2.05, 4.69) is 9.97 Å². The fourth-order valence-corrected chi connectivity index (χ4v) is 2.04. The second kappa shape index (κ2) is 9.24. The van der Waals surface area contributed by atoms with Gasteiger partial charge in [-0.05, 0) is 57.9 Å². The molecular weight excluding hydrogens is 360 g/mol. The Kier molecular flexibility index (Phi) is 7.35. The van der Waals surface area contributed by atoms with Gasteiger partial charge in [0.1, 0.15) is 17.7 Å². The quantitative estimate of drug-likeness (QED) is 0.784. The summed E-state index contributed by atoms with van der Waals surface area (Å²) in [5, 5.41) is 25.7. The Morgan fingerprint density at radius 1 is 0.964 bits per heavy atom. The van der Waals surface area contributed by atoms with Crippen LogP contribution in [0.1, 0.15) is 64.0 Å². The summed E-state index contributed by atoms with van der Waals surface area (Å²) >= 11 is 0. The largest absolute Gasteiger partial charge is 0.477 e. The molecule has 0 bridgehead atoms. The van der Waals surface area contributed by atoms with Crippen molar-refractivity contribution in [1.29, 1.82) is 10.5 Å². The Morgan fingerprint density at radius 2 is 1.39 bits per heavy atom. The molecule has 0 radical (unpaired) electrons. The monoisotopic (exact) mass is 380 g/mol. The predicted octanol–water partition coefficient (Wildman–Crippen LogP) is 3.18. The molecule has 0 aliphatic rings. The fraction of sp³-hybridized carbons (Fsp3) is 0.300. The lowest BCUT2D eigenvalue weighted by Crippen LogP contribution is -2.25. The number of ether oxygens (including phenoxy) is 1. The number of hydrogen-bond donors (Lipinski definition) is 1. The number of aromatic nitrogens is 2. The van der Waals surface area contributed by atoms with Gasteiger partial charge in [0.15, 0.2) is 11.4 Å². The number of esters is 1. The van der Waals surface area contributed by atoms with Crippen LogP contribution in [0, 0.1) is 36.5 Å². The Morgan fingerprint density at radius 3 is 1.71 bits per heavy atom.